The minimum atomic E-state index is 0.356. The summed E-state index contributed by atoms with van der Waals surface area (Å²) in [6.45, 7) is 12.9. The van der Waals surface area contributed by atoms with Gasteiger partial charge in [0.15, 0.2) is 0 Å². The van der Waals surface area contributed by atoms with Gasteiger partial charge in [0.1, 0.15) is 0 Å². The van der Waals surface area contributed by atoms with Crippen molar-refractivity contribution in [2.24, 2.45) is 5.41 Å². The molecule has 0 bridgehead atoms. The van der Waals surface area contributed by atoms with Crippen molar-refractivity contribution >= 4 is 0 Å². The Hall–Kier alpha value is -0.260. The summed E-state index contributed by atoms with van der Waals surface area (Å²) in [6.07, 6.45) is 2.31. The third-order valence-corrected chi connectivity index (χ3v) is 2.27. The highest BCUT2D eigenvalue weighted by Crippen LogP contribution is 2.30. The third-order valence-electron chi connectivity index (χ3n) is 2.27. The van der Waals surface area contributed by atoms with Gasteiger partial charge in [0, 0.05) is 0 Å². The number of hydrogen-bond donors (Lipinski definition) is 0. The SMILES string of the molecule is C=C(CC)C(C)(C)CC. The molecule has 54 valence electrons. The van der Waals surface area contributed by atoms with E-state index in [1.165, 1.54) is 12.0 Å². The first-order valence-corrected chi connectivity index (χ1v) is 3.72. The van der Waals surface area contributed by atoms with E-state index in [1.807, 2.05) is 0 Å². The molecule has 0 radical (unpaired) electrons. The lowest BCUT2D eigenvalue weighted by Gasteiger charge is -2.24. The number of allylic oxidation sites excluding steroid dienone is 1. The largest absolute Gasteiger partial charge is 0.0993 e. The maximum Gasteiger partial charge on any atom is -0.0150 e. The molecule has 0 saturated carbocycles. The van der Waals surface area contributed by atoms with Crippen molar-refractivity contribution in [1.29, 1.82) is 0 Å². The van der Waals surface area contributed by atoms with Crippen molar-refractivity contribution in [3.8, 4) is 0 Å². The predicted octanol–water partition coefficient (Wildman–Crippen LogP) is 3.39. The smallest absolute Gasteiger partial charge is 0.0150 e. The maximum absolute atomic E-state index is 4.02. The Labute approximate surface area is 59.0 Å². The third kappa shape index (κ3) is 2.21. The molecule has 0 fully saturated rings. The summed E-state index contributed by atoms with van der Waals surface area (Å²) < 4.78 is 0. The second-order valence-electron chi connectivity index (χ2n) is 3.19. The summed E-state index contributed by atoms with van der Waals surface area (Å²) in [5.41, 5.74) is 1.72. The van der Waals surface area contributed by atoms with E-state index >= 15 is 0 Å². The van der Waals surface area contributed by atoms with Gasteiger partial charge >= 0.3 is 0 Å². The van der Waals surface area contributed by atoms with E-state index in [-0.39, 0.29) is 0 Å². The summed E-state index contributed by atoms with van der Waals surface area (Å²) in [5, 5.41) is 0. The molecule has 0 nitrogen and oxygen atoms in total. The first-order valence-electron chi connectivity index (χ1n) is 3.72. The molecule has 0 heteroatoms. The highest BCUT2D eigenvalue weighted by molar-refractivity contribution is 5.05. The molecule has 0 heterocycles. The Morgan fingerprint density at radius 2 is 1.78 bits per heavy atom. The lowest BCUT2D eigenvalue weighted by atomic mass is 9.81. The summed E-state index contributed by atoms with van der Waals surface area (Å²) in [7, 11) is 0. The minimum absolute atomic E-state index is 0.356. The maximum atomic E-state index is 4.02. The Balaban J connectivity index is 3.97. The van der Waals surface area contributed by atoms with Crippen LogP contribution in [0.15, 0.2) is 12.2 Å². The average molecular weight is 126 g/mol. The van der Waals surface area contributed by atoms with Gasteiger partial charge in [-0.15, -0.1) is 0 Å². The Morgan fingerprint density at radius 3 is 1.89 bits per heavy atom. The van der Waals surface area contributed by atoms with Crippen LogP contribution < -0.4 is 0 Å². The standard InChI is InChI=1S/C9H18/c1-6-8(3)9(4,5)7-2/h3,6-7H2,1-2,4-5H3. The van der Waals surface area contributed by atoms with Gasteiger partial charge in [-0.25, -0.2) is 0 Å². The summed E-state index contributed by atoms with van der Waals surface area (Å²) in [4.78, 5) is 0. The Bertz CT molecular complexity index is 98.6. The van der Waals surface area contributed by atoms with Crippen LogP contribution in [0.3, 0.4) is 0 Å². The highest BCUT2D eigenvalue weighted by Gasteiger charge is 2.16. The van der Waals surface area contributed by atoms with Gasteiger partial charge in [-0.3, -0.25) is 0 Å². The van der Waals surface area contributed by atoms with Gasteiger partial charge in [0.05, 0.1) is 0 Å². The first kappa shape index (κ1) is 8.74. The molecule has 0 N–H and O–H groups in total. The molecular weight excluding hydrogens is 108 g/mol. The summed E-state index contributed by atoms with van der Waals surface area (Å²) in [6, 6.07) is 0. The minimum Gasteiger partial charge on any atom is -0.0993 e. The van der Waals surface area contributed by atoms with Gasteiger partial charge in [-0.1, -0.05) is 39.8 Å². The molecule has 0 atom stereocenters. The van der Waals surface area contributed by atoms with Gasteiger partial charge in [-0.05, 0) is 18.3 Å². The molecule has 0 aromatic carbocycles. The molecule has 0 spiro atoms. The molecule has 0 aromatic rings. The fourth-order valence-corrected chi connectivity index (χ4v) is 0.729. The predicted molar refractivity (Wildman–Crippen MR) is 43.5 cm³/mol. The molecule has 0 aliphatic carbocycles. The molecule has 0 unspecified atom stereocenters. The van der Waals surface area contributed by atoms with Crippen molar-refractivity contribution in [2.45, 2.75) is 40.5 Å². The zero-order valence-electron chi connectivity index (χ0n) is 7.12. The molecule has 0 aliphatic rings. The van der Waals surface area contributed by atoms with Crippen molar-refractivity contribution in [3.63, 3.8) is 0 Å². The van der Waals surface area contributed by atoms with E-state index in [9.17, 15) is 0 Å². The van der Waals surface area contributed by atoms with Gasteiger partial charge in [0.25, 0.3) is 0 Å². The van der Waals surface area contributed by atoms with Gasteiger partial charge in [-0.2, -0.15) is 0 Å². The average Bonchev–Trinajstić information content (AvgIpc) is 1.86. The molecular formula is C9H18. The van der Waals surface area contributed by atoms with Crippen LogP contribution in [-0.4, -0.2) is 0 Å². The van der Waals surface area contributed by atoms with Crippen LogP contribution in [0.2, 0.25) is 0 Å². The Morgan fingerprint density at radius 1 is 1.33 bits per heavy atom. The molecule has 0 amide bonds. The fourth-order valence-electron chi connectivity index (χ4n) is 0.729. The lowest BCUT2D eigenvalue weighted by Crippen LogP contribution is -2.11. The van der Waals surface area contributed by atoms with Gasteiger partial charge in [0.2, 0.25) is 0 Å². The van der Waals surface area contributed by atoms with Crippen LogP contribution in [0, 0.1) is 5.41 Å². The number of rotatable bonds is 3. The normalized spacial score (nSPS) is 11.6. The lowest BCUT2D eigenvalue weighted by molar-refractivity contribution is 0.419. The van der Waals surface area contributed by atoms with E-state index in [0.29, 0.717) is 5.41 Å². The van der Waals surface area contributed by atoms with Gasteiger partial charge < -0.3 is 0 Å². The zero-order chi connectivity index (χ0) is 7.49. The number of hydrogen-bond acceptors (Lipinski definition) is 0. The summed E-state index contributed by atoms with van der Waals surface area (Å²) >= 11 is 0. The van der Waals surface area contributed by atoms with Crippen molar-refractivity contribution in [1.82, 2.24) is 0 Å². The van der Waals surface area contributed by atoms with Crippen LogP contribution >= 0.6 is 0 Å². The molecule has 0 rings (SSSR count). The second kappa shape index (κ2) is 3.05. The van der Waals surface area contributed by atoms with E-state index in [0.717, 1.165) is 6.42 Å². The van der Waals surface area contributed by atoms with Crippen LogP contribution in [0.4, 0.5) is 0 Å². The zero-order valence-corrected chi connectivity index (χ0v) is 7.12. The van der Waals surface area contributed by atoms with Crippen LogP contribution in [0.25, 0.3) is 0 Å². The molecule has 0 aromatic heterocycles. The van der Waals surface area contributed by atoms with E-state index in [2.05, 4.69) is 34.3 Å². The van der Waals surface area contributed by atoms with Crippen LogP contribution in [-0.2, 0) is 0 Å². The van der Waals surface area contributed by atoms with Crippen molar-refractivity contribution < 1.29 is 0 Å². The molecule has 0 aliphatic heterocycles. The molecule has 9 heavy (non-hydrogen) atoms. The highest BCUT2D eigenvalue weighted by atomic mass is 14.2. The monoisotopic (exact) mass is 126 g/mol. The summed E-state index contributed by atoms with van der Waals surface area (Å²) in [5.74, 6) is 0. The van der Waals surface area contributed by atoms with Crippen LogP contribution in [0.5, 0.6) is 0 Å². The first-order chi connectivity index (χ1) is 4.04. The van der Waals surface area contributed by atoms with E-state index in [1.54, 1.807) is 0 Å². The molecule has 0 saturated heterocycles. The quantitative estimate of drug-likeness (QED) is 0.508. The van der Waals surface area contributed by atoms with Crippen molar-refractivity contribution in [2.75, 3.05) is 0 Å². The fraction of sp³-hybridized carbons (Fsp3) is 0.778. The van der Waals surface area contributed by atoms with Crippen LogP contribution in [0.1, 0.15) is 40.5 Å². The van der Waals surface area contributed by atoms with E-state index in [4.69, 9.17) is 0 Å². The topological polar surface area (TPSA) is 0 Å². The second-order valence-corrected chi connectivity index (χ2v) is 3.19. The van der Waals surface area contributed by atoms with Crippen molar-refractivity contribution in [3.05, 3.63) is 12.2 Å². The van der Waals surface area contributed by atoms with E-state index < -0.39 is 0 Å². The Kier molecular flexibility index (Phi) is 2.96.